The van der Waals surface area contributed by atoms with Gasteiger partial charge in [0, 0.05) is 53.7 Å². The maximum atomic E-state index is 14.5. The fraction of sp³-hybridized carbons (Fsp3) is 0.396. The number of benzene rings is 3. The predicted octanol–water partition coefficient (Wildman–Crippen LogP) is 4.48. The van der Waals surface area contributed by atoms with Crippen molar-refractivity contribution in [3.05, 3.63) is 66.6 Å². The number of esters is 11. The molecule has 0 N–H and O–H groups in total. The van der Waals surface area contributed by atoms with Crippen LogP contribution in [0.1, 0.15) is 68.6 Å². The summed E-state index contributed by atoms with van der Waals surface area (Å²) in [5.74, 6) is -11.6. The molecule has 3 aromatic rings. The van der Waals surface area contributed by atoms with Gasteiger partial charge in [-0.2, -0.15) is 0 Å². The fourth-order valence-electron chi connectivity index (χ4n) is 7.17. The molecule has 0 saturated carbocycles. The lowest BCUT2D eigenvalue weighted by Crippen LogP contribution is -2.39. The molecule has 1 spiro atoms. The van der Waals surface area contributed by atoms with Gasteiger partial charge in [0.05, 0.1) is 58.7 Å². The number of fused-ring (bicyclic) bond motifs is 6. The Balaban J connectivity index is 1.62. The van der Waals surface area contributed by atoms with Gasteiger partial charge in [-0.25, -0.2) is 4.79 Å². The Hall–Kier alpha value is -7.69. The van der Waals surface area contributed by atoms with E-state index in [-0.39, 0.29) is 86.5 Å². The number of carbonyl (C=O) groups excluding carboxylic acids is 11. The molecule has 0 atom stereocenters. The molecule has 31 heteroatoms. The van der Waals surface area contributed by atoms with Crippen molar-refractivity contribution in [2.45, 2.75) is 47.1 Å². The summed E-state index contributed by atoms with van der Waals surface area (Å²) in [5, 5.41) is -1.45. The van der Waals surface area contributed by atoms with Crippen LogP contribution in [0.3, 0.4) is 0 Å². The van der Waals surface area contributed by atoms with Crippen molar-refractivity contribution in [2.75, 3.05) is 84.6 Å². The fourth-order valence-corrected chi connectivity index (χ4v) is 8.31. The van der Waals surface area contributed by atoms with Crippen molar-refractivity contribution in [1.82, 2.24) is 4.90 Å². The van der Waals surface area contributed by atoms with E-state index in [0.717, 1.165) is 52.5 Å². The number of anilines is 1. The van der Waals surface area contributed by atoms with Crippen LogP contribution in [0.5, 0.6) is 28.7 Å². The molecule has 0 radical (unpaired) electrons. The topological polar surface area (TPSA) is 323 Å². The normalized spacial score (nSPS) is 12.3. The average Bonchev–Trinajstić information content (AvgIpc) is 2.53. The van der Waals surface area contributed by atoms with Gasteiger partial charge in [-0.15, -0.1) is 0 Å². The molecule has 0 aliphatic carbocycles. The molecule has 2 aliphatic heterocycles. The van der Waals surface area contributed by atoms with Gasteiger partial charge in [-0.05, 0) is 24.3 Å². The Morgan fingerprint density at radius 2 is 0.924 bits per heavy atom. The molecule has 27 nitrogen and oxygen atoms in total. The summed E-state index contributed by atoms with van der Waals surface area (Å²) < 4.78 is 73.8. The van der Waals surface area contributed by atoms with Crippen molar-refractivity contribution in [3.63, 3.8) is 0 Å². The van der Waals surface area contributed by atoms with Crippen molar-refractivity contribution in [1.29, 1.82) is 0 Å². The molecule has 79 heavy (non-hydrogen) atoms. The summed E-state index contributed by atoms with van der Waals surface area (Å²) in [6.45, 7) is -0.637. The molecular weight excluding hydrogens is 1150 g/mol. The zero-order valence-electron chi connectivity index (χ0n) is 42.4. The molecule has 0 unspecified atom stereocenters. The van der Waals surface area contributed by atoms with Gasteiger partial charge in [-0.3, -0.25) is 52.8 Å². The lowest BCUT2D eigenvalue weighted by molar-refractivity contribution is -0.170. The Morgan fingerprint density at radius 1 is 0.506 bits per heavy atom. The standard InChI is InChI=1S/C48H46Cl4N2O25/c1-23(55)68-19-72-37(61)15-53(16-38(62)73-20-69-24(2)56)7-8-66-9-10-67-36-14-30-29(11-35(36)54(17-39(63)74-21-70-25(3)57)18-40(64)75-22-71-26(4)58)47(65)79-48(30)31-12-33(49)45(76-27(5)59)41(51)43(31)78-44-32(48)13-34(50)46(42(44)52)77-28(6)60/h11-14H,7-10,15-22H2,1-6H3. The number of carbonyl (C=O) groups is 11. The molecule has 5 rings (SSSR count). The summed E-state index contributed by atoms with van der Waals surface area (Å²) in [6.07, 6.45) is 0. The summed E-state index contributed by atoms with van der Waals surface area (Å²) >= 11 is 27.2. The highest BCUT2D eigenvalue weighted by Gasteiger charge is 2.56. The summed E-state index contributed by atoms with van der Waals surface area (Å²) in [5.41, 5.74) is -3.12. The quantitative estimate of drug-likeness (QED) is 0.0352. The first-order valence-electron chi connectivity index (χ1n) is 22.7. The minimum absolute atomic E-state index is 0.102. The predicted molar refractivity (Wildman–Crippen MR) is 263 cm³/mol. The molecule has 0 aromatic heterocycles. The first-order valence-corrected chi connectivity index (χ1v) is 24.2. The lowest BCUT2D eigenvalue weighted by atomic mass is 9.77. The lowest BCUT2D eigenvalue weighted by Gasteiger charge is -2.38. The van der Waals surface area contributed by atoms with E-state index in [9.17, 15) is 52.7 Å². The molecule has 0 fully saturated rings. The van der Waals surface area contributed by atoms with E-state index in [0.29, 0.717) is 0 Å². The highest BCUT2D eigenvalue weighted by Crippen LogP contribution is 2.63. The first kappa shape index (κ1) is 62.2. The van der Waals surface area contributed by atoms with Crippen LogP contribution in [0, 0.1) is 0 Å². The van der Waals surface area contributed by atoms with Crippen molar-refractivity contribution in [2.24, 2.45) is 0 Å². The Bertz CT molecular complexity index is 2790. The number of halogens is 4. The van der Waals surface area contributed by atoms with E-state index in [4.69, 9.17) is 103 Å². The van der Waals surface area contributed by atoms with Crippen LogP contribution in [-0.4, -0.2) is 150 Å². The zero-order valence-corrected chi connectivity index (χ0v) is 45.4. The second-order valence-electron chi connectivity index (χ2n) is 16.1. The molecule has 0 bridgehead atoms. The van der Waals surface area contributed by atoms with E-state index in [2.05, 4.69) is 9.47 Å². The van der Waals surface area contributed by atoms with Crippen molar-refractivity contribution in [3.8, 4) is 28.7 Å². The molecule has 426 valence electrons. The minimum Gasteiger partial charge on any atom is -0.489 e. The monoisotopic (exact) mass is 1190 g/mol. The molecule has 2 aliphatic rings. The zero-order chi connectivity index (χ0) is 58.3. The van der Waals surface area contributed by atoms with Gasteiger partial charge in [-0.1, -0.05) is 46.4 Å². The van der Waals surface area contributed by atoms with Crippen molar-refractivity contribution < 1.29 is 119 Å². The third-order valence-electron chi connectivity index (χ3n) is 10.3. The Labute approximate surface area is 467 Å². The second kappa shape index (κ2) is 28.3. The van der Waals surface area contributed by atoms with Crippen LogP contribution in [-0.2, 0) is 101 Å². The van der Waals surface area contributed by atoms with Crippen LogP contribution >= 0.6 is 46.4 Å². The molecular formula is C48H46Cl4N2O25. The van der Waals surface area contributed by atoms with Crippen LogP contribution in [0.2, 0.25) is 20.1 Å². The smallest absolute Gasteiger partial charge is 0.340 e. The van der Waals surface area contributed by atoms with Crippen LogP contribution in [0.4, 0.5) is 5.69 Å². The highest BCUT2D eigenvalue weighted by atomic mass is 35.5. The average molecular weight is 1190 g/mol. The molecule has 0 saturated heterocycles. The van der Waals surface area contributed by atoms with Gasteiger partial charge in [0.1, 0.15) is 35.5 Å². The van der Waals surface area contributed by atoms with Gasteiger partial charge < -0.3 is 71.2 Å². The van der Waals surface area contributed by atoms with Gasteiger partial charge in [0.2, 0.25) is 27.2 Å². The van der Waals surface area contributed by atoms with E-state index < -0.39 is 141 Å². The SMILES string of the molecule is CC(=O)OCOC(=O)CN(CCOCCOc1cc2c(cc1N(CC(=O)OCOC(C)=O)CC(=O)OCOC(C)=O)C(=O)OC21c2cc(Cl)c(OC(C)=O)c(Cl)c2Oc2c1cc(Cl)c(OC(C)=O)c2Cl)CC(=O)OCOC(C)=O. The van der Waals surface area contributed by atoms with Crippen LogP contribution in [0.15, 0.2) is 24.3 Å². The first-order chi connectivity index (χ1) is 37.3. The van der Waals surface area contributed by atoms with Crippen LogP contribution in [0.25, 0.3) is 0 Å². The summed E-state index contributed by atoms with van der Waals surface area (Å²) in [7, 11) is 0. The largest absolute Gasteiger partial charge is 0.489 e. The molecule has 0 amide bonds. The van der Waals surface area contributed by atoms with E-state index in [1.165, 1.54) is 23.1 Å². The van der Waals surface area contributed by atoms with E-state index >= 15 is 0 Å². The van der Waals surface area contributed by atoms with Gasteiger partial charge >= 0.3 is 65.7 Å². The maximum absolute atomic E-state index is 14.5. The Morgan fingerprint density at radius 3 is 1.33 bits per heavy atom. The second-order valence-corrected chi connectivity index (χ2v) is 17.7. The molecule has 3 aromatic carbocycles. The number of nitrogens with zero attached hydrogens (tertiary/aromatic N) is 2. The highest BCUT2D eigenvalue weighted by molar-refractivity contribution is 6.40. The number of rotatable bonds is 26. The summed E-state index contributed by atoms with van der Waals surface area (Å²) in [4.78, 5) is 138. The van der Waals surface area contributed by atoms with Gasteiger partial charge in [0.25, 0.3) is 0 Å². The third-order valence-corrected chi connectivity index (χ3v) is 11.6. The van der Waals surface area contributed by atoms with Crippen molar-refractivity contribution >= 4 is 118 Å². The van der Waals surface area contributed by atoms with Gasteiger partial charge in [0.15, 0.2) is 28.6 Å². The number of hydrogen-bond donors (Lipinski definition) is 0. The number of hydrogen-bond acceptors (Lipinski definition) is 27. The van der Waals surface area contributed by atoms with E-state index in [1.54, 1.807) is 0 Å². The number of ether oxygens (including phenoxy) is 14. The maximum Gasteiger partial charge on any atom is 0.340 e. The summed E-state index contributed by atoms with van der Waals surface area (Å²) in [6, 6.07) is 4.83. The Kier molecular flexibility index (Phi) is 22.2. The molecule has 2 heterocycles. The third kappa shape index (κ3) is 16.7. The van der Waals surface area contributed by atoms with E-state index in [1.807, 2.05) is 0 Å². The minimum atomic E-state index is -2.26. The van der Waals surface area contributed by atoms with Crippen LogP contribution < -0.4 is 23.8 Å².